The second-order valence-corrected chi connectivity index (χ2v) is 19.4. The lowest BCUT2D eigenvalue weighted by Crippen LogP contribution is -2.55. The van der Waals surface area contributed by atoms with Crippen LogP contribution in [0.1, 0.15) is 99.5 Å². The molecule has 4 aliphatic rings. The summed E-state index contributed by atoms with van der Waals surface area (Å²) in [6.45, 7) is 13.1. The zero-order valence-corrected chi connectivity index (χ0v) is 37.9. The van der Waals surface area contributed by atoms with Crippen molar-refractivity contribution >= 4 is 28.4 Å². The van der Waals surface area contributed by atoms with Crippen LogP contribution >= 0.6 is 11.3 Å². The van der Waals surface area contributed by atoms with Crippen molar-refractivity contribution in [3.63, 3.8) is 0 Å². The number of rotatable bonds is 8. The van der Waals surface area contributed by atoms with E-state index in [1.807, 2.05) is 43.3 Å². The van der Waals surface area contributed by atoms with Crippen LogP contribution in [0.5, 0.6) is 11.5 Å². The Hall–Kier alpha value is -5.63. The largest absolute Gasteiger partial charge is 0.508 e. The lowest BCUT2D eigenvalue weighted by molar-refractivity contribution is -0.0173. The van der Waals surface area contributed by atoms with Crippen molar-refractivity contribution in [1.29, 1.82) is 0 Å². The molecule has 2 aromatic heterocycles. The van der Waals surface area contributed by atoms with Gasteiger partial charge in [0.25, 0.3) is 0 Å². The number of β-amino-alcohol motifs (C(OH)–C–C–N with tert-alkyl or cyclic N) is 1. The molecule has 2 fully saturated rings. The molecule has 0 unspecified atom stereocenters. The minimum Gasteiger partial charge on any atom is -0.508 e. The van der Waals surface area contributed by atoms with Crippen LogP contribution in [0.4, 0.5) is 20.2 Å². The van der Waals surface area contributed by atoms with Crippen LogP contribution in [0.25, 0.3) is 5.00 Å². The fourth-order valence-corrected chi connectivity index (χ4v) is 11.9. The van der Waals surface area contributed by atoms with Crippen LogP contribution in [-0.4, -0.2) is 94.1 Å². The van der Waals surface area contributed by atoms with Gasteiger partial charge in [-0.15, -0.1) is 21.5 Å². The van der Waals surface area contributed by atoms with Gasteiger partial charge in [-0.25, -0.2) is 8.78 Å². The number of hydrogen-bond acceptors (Lipinski definition) is 10. The number of piperazine rings is 1. The number of nitrogens with zero attached hydrogens (tertiary/aromatic N) is 7. The van der Waals surface area contributed by atoms with Crippen LogP contribution in [0.2, 0.25) is 0 Å². The number of aliphatic hydroxyl groups is 1. The Morgan fingerprint density at radius 2 is 1.59 bits per heavy atom. The van der Waals surface area contributed by atoms with Gasteiger partial charge in [0.05, 0.1) is 24.1 Å². The Morgan fingerprint density at radius 1 is 0.844 bits per heavy atom. The van der Waals surface area contributed by atoms with E-state index in [4.69, 9.17) is 9.73 Å². The molecule has 0 saturated carbocycles. The van der Waals surface area contributed by atoms with Gasteiger partial charge in [0.2, 0.25) is 0 Å². The number of aromatic nitrogens is 3. The Bertz CT molecular complexity index is 2750. The lowest BCUT2D eigenvalue weighted by Gasteiger charge is -2.44. The molecule has 2 N–H and O–H groups in total. The van der Waals surface area contributed by atoms with Gasteiger partial charge in [-0.3, -0.25) is 14.5 Å². The molecule has 0 spiro atoms. The van der Waals surface area contributed by atoms with Gasteiger partial charge in [-0.05, 0) is 136 Å². The topological polar surface area (TPSA) is 102 Å². The molecule has 10 rings (SSSR count). The summed E-state index contributed by atoms with van der Waals surface area (Å²) in [7, 11) is 1.71. The summed E-state index contributed by atoms with van der Waals surface area (Å²) in [6.07, 6.45) is 2.86. The number of methoxy groups -OCH3 is 1. The van der Waals surface area contributed by atoms with E-state index >= 15 is 4.39 Å². The number of phenols is 1. The number of anilines is 2. The number of aryl methyl sites for hydroxylation is 3. The van der Waals surface area contributed by atoms with Crippen LogP contribution in [-0.2, 0) is 6.42 Å². The highest BCUT2D eigenvalue weighted by Crippen LogP contribution is 2.48. The maximum absolute atomic E-state index is 16.2. The maximum atomic E-state index is 16.2. The number of hydrogen-bond donors (Lipinski definition) is 2. The molecule has 1 aliphatic carbocycles. The number of phenolic OH excluding ortho intramolecular Hbond substituents is 1. The Labute approximate surface area is 377 Å². The lowest BCUT2D eigenvalue weighted by atomic mass is 9.69. The summed E-state index contributed by atoms with van der Waals surface area (Å²) in [5.41, 5.74) is 8.96. The van der Waals surface area contributed by atoms with Crippen molar-refractivity contribution in [2.24, 2.45) is 4.99 Å². The van der Waals surface area contributed by atoms with Crippen molar-refractivity contribution in [2.45, 2.75) is 76.9 Å². The number of aliphatic imine (C=N–C) groups is 1. The molecule has 3 aliphatic heterocycles. The summed E-state index contributed by atoms with van der Waals surface area (Å²) < 4.78 is 38.4. The minimum atomic E-state index is -0.822. The van der Waals surface area contributed by atoms with Crippen molar-refractivity contribution < 1.29 is 23.7 Å². The molecule has 2 saturated heterocycles. The van der Waals surface area contributed by atoms with Crippen molar-refractivity contribution in [3.8, 4) is 16.5 Å². The van der Waals surface area contributed by atoms with Crippen LogP contribution in [0.15, 0.2) is 83.9 Å². The third-order valence-electron chi connectivity index (χ3n) is 14.3. The van der Waals surface area contributed by atoms with Crippen LogP contribution in [0, 0.1) is 32.4 Å². The monoisotopic (exact) mass is 883 g/mol. The smallest absolute Gasteiger partial charge is 0.162 e. The fourth-order valence-electron chi connectivity index (χ4n) is 10.7. The van der Waals surface area contributed by atoms with E-state index in [0.29, 0.717) is 51.3 Å². The number of piperidine rings is 1. The molecule has 332 valence electrons. The molecule has 13 heteroatoms. The Balaban J connectivity index is 0.790. The SMILES string of the molecule is COc1cc(N2CCC(O)(CN3CCN(c4ccc([C@H]5c6ccc(O)cc6CC[C@@H]5c5ccc(F)cc5)cc4F)CC3)CC2)ccc1C1=N[C@@H](C)c2nnc(C)n2-c2sc(C)c(C)c21. The first kappa shape index (κ1) is 42.3. The van der Waals surface area contributed by atoms with Crippen LogP contribution in [0.3, 0.4) is 0 Å². The quantitative estimate of drug-likeness (QED) is 0.156. The third kappa shape index (κ3) is 7.64. The zero-order valence-electron chi connectivity index (χ0n) is 37.1. The van der Waals surface area contributed by atoms with Gasteiger partial charge >= 0.3 is 0 Å². The molecule has 5 heterocycles. The highest BCUT2D eigenvalue weighted by Gasteiger charge is 2.37. The van der Waals surface area contributed by atoms with Crippen molar-refractivity contribution in [2.75, 3.05) is 62.7 Å². The molecule has 3 atom stereocenters. The average molecular weight is 884 g/mol. The first-order chi connectivity index (χ1) is 30.9. The first-order valence-electron chi connectivity index (χ1n) is 22.5. The average Bonchev–Trinajstić information content (AvgIpc) is 3.78. The first-order valence-corrected chi connectivity index (χ1v) is 23.3. The number of aromatic hydroxyl groups is 1. The molecule has 10 nitrogen and oxygen atoms in total. The van der Waals surface area contributed by atoms with Crippen molar-refractivity contribution in [3.05, 3.63) is 146 Å². The molecule has 4 aromatic carbocycles. The van der Waals surface area contributed by atoms with Crippen LogP contribution < -0.4 is 14.5 Å². The number of thiophene rings is 1. The van der Waals surface area contributed by atoms with E-state index in [9.17, 15) is 14.6 Å². The summed E-state index contributed by atoms with van der Waals surface area (Å²) in [5.74, 6) is 2.03. The highest BCUT2D eigenvalue weighted by molar-refractivity contribution is 7.15. The molecular formula is C51H55F2N7O3S. The molecular weight excluding hydrogens is 829 g/mol. The molecule has 6 aromatic rings. The summed E-state index contributed by atoms with van der Waals surface area (Å²) in [4.78, 5) is 13.2. The zero-order chi connectivity index (χ0) is 44.4. The van der Waals surface area contributed by atoms with Crippen molar-refractivity contribution in [1.82, 2.24) is 19.7 Å². The van der Waals surface area contributed by atoms with Gasteiger partial charge < -0.3 is 24.7 Å². The predicted octanol–water partition coefficient (Wildman–Crippen LogP) is 9.17. The standard InChI is InChI=1S/C51H55F2N7O3S/c1-30-32(3)64-50-46(30)48(54-31(2)49-56-55-33(4)60(49)50)42-15-12-38(28-45(42)63-5)58-20-18-51(62,19-21-58)29-57-22-24-59(25-23-57)44-17-9-36(27-43(44)53)47-40(34-6-10-37(52)11-7-34)14-8-35-26-39(61)13-16-41(35)47/h6-7,9-13,15-17,26-28,31,40,47,61-62H,8,14,18-25,29H2,1-5H3/t31-,40+,47+/m0/s1. The Morgan fingerprint density at radius 3 is 2.33 bits per heavy atom. The number of ether oxygens (including phenoxy) is 1. The second-order valence-electron chi connectivity index (χ2n) is 18.2. The van der Waals surface area contributed by atoms with Gasteiger partial charge in [0.1, 0.15) is 40.0 Å². The third-order valence-corrected chi connectivity index (χ3v) is 15.5. The van der Waals surface area contributed by atoms with Gasteiger partial charge in [0, 0.05) is 79.5 Å². The summed E-state index contributed by atoms with van der Waals surface area (Å²) in [6, 6.07) is 23.9. The van der Waals surface area contributed by atoms with E-state index in [2.05, 4.69) is 68.4 Å². The molecule has 0 radical (unpaired) electrons. The second kappa shape index (κ2) is 16.7. The highest BCUT2D eigenvalue weighted by atomic mass is 32.1. The maximum Gasteiger partial charge on any atom is 0.162 e. The fraction of sp³-hybridized carbons (Fsp3) is 0.392. The summed E-state index contributed by atoms with van der Waals surface area (Å²) in [5, 5.41) is 32.1. The van der Waals surface area contributed by atoms with Gasteiger partial charge in [0.15, 0.2) is 5.82 Å². The molecule has 0 bridgehead atoms. The van der Waals surface area contributed by atoms with E-state index in [-0.39, 0.29) is 35.3 Å². The van der Waals surface area contributed by atoms with Gasteiger partial charge in [-0.2, -0.15) is 0 Å². The van der Waals surface area contributed by atoms with E-state index in [0.717, 1.165) is 93.1 Å². The molecule has 64 heavy (non-hydrogen) atoms. The number of fused-ring (bicyclic) bond motifs is 4. The van der Waals surface area contributed by atoms with Gasteiger partial charge in [-0.1, -0.05) is 24.3 Å². The summed E-state index contributed by atoms with van der Waals surface area (Å²) >= 11 is 1.74. The predicted molar refractivity (Wildman–Crippen MR) is 249 cm³/mol. The van der Waals surface area contributed by atoms with E-state index in [1.165, 1.54) is 22.6 Å². The molecule has 0 amide bonds. The van der Waals surface area contributed by atoms with E-state index < -0.39 is 5.60 Å². The number of halogens is 2. The Kier molecular flexibility index (Phi) is 11.1. The minimum absolute atomic E-state index is 0.0443. The van der Waals surface area contributed by atoms with E-state index in [1.54, 1.807) is 30.6 Å². The number of benzene rings is 4. The normalized spacial score (nSPS) is 20.9.